The summed E-state index contributed by atoms with van der Waals surface area (Å²) >= 11 is 0. The van der Waals surface area contributed by atoms with Crippen LogP contribution in [0.25, 0.3) is 0 Å². The summed E-state index contributed by atoms with van der Waals surface area (Å²) in [7, 11) is 3.76. The second-order valence-corrected chi connectivity index (χ2v) is 12.0. The summed E-state index contributed by atoms with van der Waals surface area (Å²) in [4.78, 5) is 39.7. The van der Waals surface area contributed by atoms with Crippen molar-refractivity contribution in [1.82, 2.24) is 4.90 Å². The van der Waals surface area contributed by atoms with Gasteiger partial charge in [0.05, 0.1) is 24.7 Å². The van der Waals surface area contributed by atoms with E-state index in [-0.39, 0.29) is 42.8 Å². The number of ether oxygens (including phenoxy) is 3. The number of aliphatic hydroxyl groups is 2. The van der Waals surface area contributed by atoms with Gasteiger partial charge in [-0.3, -0.25) is 9.59 Å². The third-order valence-electron chi connectivity index (χ3n) is 8.38. The van der Waals surface area contributed by atoms with Gasteiger partial charge in [-0.15, -0.1) is 0 Å². The smallest absolute Gasteiger partial charge is 0.308 e. The average molecular weight is 566 g/mol. The molecular formula is C31H51NO8. The van der Waals surface area contributed by atoms with E-state index in [1.807, 2.05) is 59.7 Å². The Balaban J connectivity index is 2.48. The number of likely N-dealkylation sites (N-methyl/N-ethyl adjacent to an activating group) is 1. The molecule has 0 aromatic heterocycles. The minimum atomic E-state index is -1.14. The van der Waals surface area contributed by atoms with Gasteiger partial charge in [-0.25, -0.2) is 0 Å². The second kappa shape index (κ2) is 15.9. The topological polar surface area (TPSA) is 123 Å². The number of rotatable bonds is 6. The highest BCUT2D eigenvalue weighted by molar-refractivity contribution is 5.91. The standard InChI is InChI=1S/C31H51NO8/c1-9-27-20(4)14-18(2)10-11-25(34)19(3)15-23(12-13-33)30(22(6)26(35)17-28(36)39-27)40-31-29(37)24(32(7)8)16-21(5)38-31/h10-11,13-14,19-24,26-27,29-31,35,37H,9,12,15-17H2,1-8H3/t19-,20+,21-,22+,23?,24+,26-,27-,29-,30-,31+/m1/s1. The molecule has 1 saturated heterocycles. The van der Waals surface area contributed by atoms with Crippen molar-refractivity contribution in [2.75, 3.05) is 14.1 Å². The Morgan fingerprint density at radius 1 is 1.10 bits per heavy atom. The van der Waals surface area contributed by atoms with Gasteiger partial charge in [0, 0.05) is 30.2 Å². The number of carbonyl (C=O) groups excluding carboxylic acids is 3. The van der Waals surface area contributed by atoms with Crippen molar-refractivity contribution < 1.29 is 38.8 Å². The Labute approximate surface area is 239 Å². The van der Waals surface area contributed by atoms with Crippen molar-refractivity contribution in [2.45, 2.75) is 116 Å². The molecule has 2 heterocycles. The van der Waals surface area contributed by atoms with Gasteiger partial charge in [-0.1, -0.05) is 45.4 Å². The summed E-state index contributed by atoms with van der Waals surface area (Å²) in [5.41, 5.74) is 0.877. The van der Waals surface area contributed by atoms with E-state index in [0.717, 1.165) is 11.9 Å². The van der Waals surface area contributed by atoms with Crippen LogP contribution < -0.4 is 0 Å². The zero-order chi connectivity index (χ0) is 30.1. The monoisotopic (exact) mass is 565 g/mol. The predicted octanol–water partition coefficient (Wildman–Crippen LogP) is 3.46. The van der Waals surface area contributed by atoms with Crippen molar-refractivity contribution in [2.24, 2.45) is 23.7 Å². The highest BCUT2D eigenvalue weighted by atomic mass is 16.7. The number of ketones is 1. The minimum absolute atomic E-state index is 0.0796. The number of nitrogens with zero attached hydrogens (tertiary/aromatic N) is 1. The molecule has 0 aliphatic carbocycles. The van der Waals surface area contributed by atoms with Crippen LogP contribution in [-0.4, -0.2) is 90.1 Å². The quantitative estimate of drug-likeness (QED) is 0.368. The number of cyclic esters (lactones) is 1. The molecule has 0 radical (unpaired) electrons. The molecule has 0 amide bonds. The lowest BCUT2D eigenvalue weighted by molar-refractivity contribution is -0.283. The Hall–Kier alpha value is -1.91. The normalized spacial score (nSPS) is 39.1. The van der Waals surface area contributed by atoms with Gasteiger partial charge in [-0.2, -0.15) is 0 Å². The molecule has 1 unspecified atom stereocenters. The fraction of sp³-hybridized carbons (Fsp3) is 0.774. The Morgan fingerprint density at radius 2 is 1.77 bits per heavy atom. The fourth-order valence-corrected chi connectivity index (χ4v) is 5.84. The molecule has 0 aromatic rings. The Bertz CT molecular complexity index is 902. The number of esters is 1. The first-order valence-corrected chi connectivity index (χ1v) is 14.7. The molecular weight excluding hydrogens is 514 g/mol. The van der Waals surface area contributed by atoms with E-state index >= 15 is 0 Å². The Morgan fingerprint density at radius 3 is 2.38 bits per heavy atom. The van der Waals surface area contributed by atoms with Crippen LogP contribution in [0, 0.1) is 23.7 Å². The predicted molar refractivity (Wildman–Crippen MR) is 152 cm³/mol. The van der Waals surface area contributed by atoms with Crippen LogP contribution in [0.2, 0.25) is 0 Å². The van der Waals surface area contributed by atoms with Crippen molar-refractivity contribution in [3.05, 3.63) is 23.8 Å². The highest BCUT2D eigenvalue weighted by Crippen LogP contribution is 2.34. The summed E-state index contributed by atoms with van der Waals surface area (Å²) in [6.45, 7) is 11.3. The zero-order valence-electron chi connectivity index (χ0n) is 25.5. The zero-order valence-corrected chi connectivity index (χ0v) is 25.5. The lowest BCUT2D eigenvalue weighted by Gasteiger charge is -2.44. The van der Waals surface area contributed by atoms with Crippen LogP contribution in [0.5, 0.6) is 0 Å². The average Bonchev–Trinajstić information content (AvgIpc) is 2.88. The largest absolute Gasteiger partial charge is 0.462 e. The van der Waals surface area contributed by atoms with Crippen LogP contribution in [0.15, 0.2) is 23.8 Å². The molecule has 2 N–H and O–H groups in total. The van der Waals surface area contributed by atoms with E-state index in [4.69, 9.17) is 14.2 Å². The molecule has 2 rings (SSSR count). The van der Waals surface area contributed by atoms with Crippen LogP contribution in [-0.2, 0) is 28.6 Å². The van der Waals surface area contributed by atoms with Gasteiger partial charge in [0.15, 0.2) is 12.1 Å². The van der Waals surface area contributed by atoms with Crippen LogP contribution in [0.1, 0.15) is 73.6 Å². The molecule has 40 heavy (non-hydrogen) atoms. The molecule has 1 fully saturated rings. The van der Waals surface area contributed by atoms with E-state index in [2.05, 4.69) is 0 Å². The van der Waals surface area contributed by atoms with E-state index < -0.39 is 48.3 Å². The molecule has 2 aliphatic rings. The Kier molecular flexibility index (Phi) is 13.6. The summed E-state index contributed by atoms with van der Waals surface area (Å²) in [6.07, 6.45) is 2.94. The summed E-state index contributed by atoms with van der Waals surface area (Å²) in [6, 6.07) is -0.213. The molecule has 0 spiro atoms. The van der Waals surface area contributed by atoms with Gasteiger partial charge in [0.1, 0.15) is 18.5 Å². The third-order valence-corrected chi connectivity index (χ3v) is 8.38. The number of aliphatic hydroxyl groups excluding tert-OH is 2. The van der Waals surface area contributed by atoms with Crippen molar-refractivity contribution in [3.63, 3.8) is 0 Å². The molecule has 0 bridgehead atoms. The molecule has 2 aliphatic heterocycles. The van der Waals surface area contributed by atoms with Gasteiger partial charge in [0.2, 0.25) is 0 Å². The fourth-order valence-electron chi connectivity index (χ4n) is 5.84. The second-order valence-electron chi connectivity index (χ2n) is 12.0. The van der Waals surface area contributed by atoms with Crippen molar-refractivity contribution >= 4 is 18.0 Å². The van der Waals surface area contributed by atoms with Gasteiger partial charge in [-0.05, 0) is 59.2 Å². The molecule has 11 atom stereocenters. The van der Waals surface area contributed by atoms with Crippen LogP contribution >= 0.6 is 0 Å². The lowest BCUT2D eigenvalue weighted by Crippen LogP contribution is -2.56. The van der Waals surface area contributed by atoms with E-state index in [0.29, 0.717) is 19.3 Å². The first-order valence-electron chi connectivity index (χ1n) is 14.7. The first-order chi connectivity index (χ1) is 18.8. The maximum Gasteiger partial charge on any atom is 0.308 e. The van der Waals surface area contributed by atoms with Gasteiger partial charge < -0.3 is 34.1 Å². The van der Waals surface area contributed by atoms with E-state index in [1.54, 1.807) is 19.1 Å². The van der Waals surface area contributed by atoms with Gasteiger partial charge >= 0.3 is 5.97 Å². The lowest BCUT2D eigenvalue weighted by atomic mass is 9.79. The molecule has 9 nitrogen and oxygen atoms in total. The number of hydrogen-bond acceptors (Lipinski definition) is 9. The minimum Gasteiger partial charge on any atom is -0.462 e. The summed E-state index contributed by atoms with van der Waals surface area (Å²) < 4.78 is 18.2. The molecule has 0 saturated carbocycles. The van der Waals surface area contributed by atoms with Crippen LogP contribution in [0.4, 0.5) is 0 Å². The number of hydrogen-bond donors (Lipinski definition) is 2. The summed E-state index contributed by atoms with van der Waals surface area (Å²) in [5, 5.41) is 22.3. The maximum atomic E-state index is 13.1. The van der Waals surface area contributed by atoms with Crippen molar-refractivity contribution in [1.29, 1.82) is 0 Å². The highest BCUT2D eigenvalue weighted by Gasteiger charge is 2.43. The van der Waals surface area contributed by atoms with E-state index in [1.165, 1.54) is 0 Å². The molecule has 0 aromatic carbocycles. The molecule has 228 valence electrons. The van der Waals surface area contributed by atoms with E-state index in [9.17, 15) is 24.6 Å². The third kappa shape index (κ3) is 9.58. The SMILES string of the molecule is CC[C@H]1OC(=O)C[C@@H](O)[C@H](C)[C@@H](O[C@@H]2O[C@H](C)C[C@H](N(C)C)[C@H]2O)C(CC=O)C[C@@H](C)C(=O)C=CC(C)=C[C@@H]1C. The summed E-state index contributed by atoms with van der Waals surface area (Å²) in [5.74, 6) is -2.20. The van der Waals surface area contributed by atoms with Gasteiger partial charge in [0.25, 0.3) is 0 Å². The van der Waals surface area contributed by atoms with Crippen molar-refractivity contribution in [3.8, 4) is 0 Å². The first kappa shape index (κ1) is 34.3. The number of aldehydes is 1. The van der Waals surface area contributed by atoms with Crippen LogP contribution in [0.3, 0.4) is 0 Å². The molecule has 9 heteroatoms. The number of allylic oxidation sites excluding steroid dienone is 3. The number of carbonyl (C=O) groups is 3. The maximum absolute atomic E-state index is 13.1.